The van der Waals surface area contributed by atoms with Crippen molar-refractivity contribution in [1.29, 1.82) is 0 Å². The maximum absolute atomic E-state index is 11.2. The molecule has 15 heavy (non-hydrogen) atoms. The molecule has 2 rings (SSSR count). The van der Waals surface area contributed by atoms with Crippen LogP contribution < -0.4 is 0 Å². The normalized spacial score (nSPS) is 12.7. The van der Waals surface area contributed by atoms with E-state index in [1.165, 1.54) is 5.56 Å². The minimum Gasteiger partial charge on any atom is -0.612 e. The standard InChI is InChI=1S/C12H12O2S/c1-15(13)12-8-11(14-9-12)7-10-5-3-2-4-6-10/h2-6,8-9H,7H2,1H3. The molecule has 1 aromatic carbocycles. The van der Waals surface area contributed by atoms with Crippen LogP contribution in [0.1, 0.15) is 11.3 Å². The minimum atomic E-state index is -0.960. The summed E-state index contributed by atoms with van der Waals surface area (Å²) in [5, 5.41) is 0. The van der Waals surface area contributed by atoms with Gasteiger partial charge in [0, 0.05) is 12.5 Å². The molecule has 0 fully saturated rings. The number of benzene rings is 1. The molecule has 0 radical (unpaired) electrons. The van der Waals surface area contributed by atoms with Gasteiger partial charge in [-0.1, -0.05) is 30.3 Å². The lowest BCUT2D eigenvalue weighted by Gasteiger charge is -1.97. The first-order valence-corrected chi connectivity index (χ1v) is 6.26. The fraction of sp³-hybridized carbons (Fsp3) is 0.167. The lowest BCUT2D eigenvalue weighted by atomic mass is 10.1. The molecule has 3 heteroatoms. The van der Waals surface area contributed by atoms with Crippen LogP contribution >= 0.6 is 0 Å². The van der Waals surface area contributed by atoms with Crippen molar-refractivity contribution in [2.45, 2.75) is 11.3 Å². The molecule has 1 heterocycles. The number of hydrogen-bond acceptors (Lipinski definition) is 2. The van der Waals surface area contributed by atoms with E-state index < -0.39 is 11.2 Å². The third kappa shape index (κ3) is 2.64. The lowest BCUT2D eigenvalue weighted by molar-refractivity contribution is 0.515. The molecule has 0 saturated heterocycles. The average molecular weight is 220 g/mol. The predicted molar refractivity (Wildman–Crippen MR) is 60.3 cm³/mol. The summed E-state index contributed by atoms with van der Waals surface area (Å²) in [6, 6.07) is 11.9. The second-order valence-electron chi connectivity index (χ2n) is 3.37. The fourth-order valence-electron chi connectivity index (χ4n) is 1.40. The van der Waals surface area contributed by atoms with Crippen molar-refractivity contribution < 1.29 is 8.97 Å². The van der Waals surface area contributed by atoms with Crippen LogP contribution in [-0.4, -0.2) is 10.8 Å². The monoisotopic (exact) mass is 220 g/mol. The Morgan fingerprint density at radius 3 is 2.60 bits per heavy atom. The predicted octanol–water partition coefficient (Wildman–Crippen LogP) is 2.61. The number of rotatable bonds is 3. The zero-order valence-electron chi connectivity index (χ0n) is 8.47. The Labute approximate surface area is 92.1 Å². The quantitative estimate of drug-likeness (QED) is 0.745. The van der Waals surface area contributed by atoms with E-state index in [1.54, 1.807) is 12.5 Å². The van der Waals surface area contributed by atoms with Gasteiger partial charge in [-0.15, -0.1) is 0 Å². The first kappa shape index (κ1) is 10.3. The van der Waals surface area contributed by atoms with Gasteiger partial charge in [-0.05, 0) is 16.7 Å². The maximum Gasteiger partial charge on any atom is 0.190 e. The van der Waals surface area contributed by atoms with Gasteiger partial charge in [-0.2, -0.15) is 0 Å². The molecular formula is C12H12O2S. The zero-order valence-corrected chi connectivity index (χ0v) is 9.29. The van der Waals surface area contributed by atoms with Crippen LogP contribution in [0.4, 0.5) is 0 Å². The Balaban J connectivity index is 2.12. The Morgan fingerprint density at radius 1 is 1.27 bits per heavy atom. The van der Waals surface area contributed by atoms with E-state index in [0.717, 1.165) is 17.1 Å². The van der Waals surface area contributed by atoms with Crippen molar-refractivity contribution in [3.63, 3.8) is 0 Å². The SMILES string of the molecule is C[S+]([O-])c1coc(Cc2ccccc2)c1. The minimum absolute atomic E-state index is 0.748. The van der Waals surface area contributed by atoms with Gasteiger partial charge in [0.05, 0.1) is 0 Å². The number of hydrogen-bond donors (Lipinski definition) is 0. The maximum atomic E-state index is 11.2. The van der Waals surface area contributed by atoms with E-state index in [2.05, 4.69) is 0 Å². The molecule has 1 aromatic heterocycles. The van der Waals surface area contributed by atoms with Gasteiger partial charge in [0.25, 0.3) is 0 Å². The molecule has 1 atom stereocenters. The largest absolute Gasteiger partial charge is 0.612 e. The molecule has 0 bridgehead atoms. The molecule has 0 aliphatic carbocycles. The summed E-state index contributed by atoms with van der Waals surface area (Å²) >= 11 is -0.960. The van der Waals surface area contributed by atoms with Gasteiger partial charge in [-0.25, -0.2) is 0 Å². The second-order valence-corrected chi connectivity index (χ2v) is 4.74. The van der Waals surface area contributed by atoms with Crippen LogP contribution in [0.15, 0.2) is 52.0 Å². The molecule has 0 aliphatic rings. The summed E-state index contributed by atoms with van der Waals surface area (Å²) in [6.45, 7) is 0. The van der Waals surface area contributed by atoms with Crippen molar-refractivity contribution in [2.24, 2.45) is 0 Å². The lowest BCUT2D eigenvalue weighted by Crippen LogP contribution is -1.93. The second kappa shape index (κ2) is 4.55. The van der Waals surface area contributed by atoms with E-state index in [1.807, 2.05) is 36.4 Å². The van der Waals surface area contributed by atoms with Crippen molar-refractivity contribution in [3.05, 3.63) is 54.0 Å². The highest BCUT2D eigenvalue weighted by Gasteiger charge is 2.09. The van der Waals surface area contributed by atoms with Crippen molar-refractivity contribution >= 4 is 11.2 Å². The highest BCUT2D eigenvalue weighted by atomic mass is 32.2. The van der Waals surface area contributed by atoms with Crippen LogP contribution in [0.25, 0.3) is 0 Å². The van der Waals surface area contributed by atoms with E-state index in [-0.39, 0.29) is 0 Å². The molecule has 0 saturated carbocycles. The Bertz CT molecular complexity index is 420. The highest BCUT2D eigenvalue weighted by molar-refractivity contribution is 7.90. The van der Waals surface area contributed by atoms with Crippen molar-refractivity contribution in [3.8, 4) is 0 Å². The average Bonchev–Trinajstić information content (AvgIpc) is 2.68. The van der Waals surface area contributed by atoms with Gasteiger partial charge in [0.15, 0.2) is 4.90 Å². The Kier molecular flexibility index (Phi) is 3.14. The van der Waals surface area contributed by atoms with Crippen LogP contribution in [0.2, 0.25) is 0 Å². The van der Waals surface area contributed by atoms with Gasteiger partial charge >= 0.3 is 0 Å². The highest BCUT2D eigenvalue weighted by Crippen LogP contribution is 2.16. The third-order valence-electron chi connectivity index (χ3n) is 2.18. The third-order valence-corrected chi connectivity index (χ3v) is 3.06. The summed E-state index contributed by atoms with van der Waals surface area (Å²) in [5.74, 6) is 0.853. The Morgan fingerprint density at radius 2 is 2.00 bits per heavy atom. The molecule has 78 valence electrons. The molecule has 2 nitrogen and oxygen atoms in total. The van der Waals surface area contributed by atoms with Gasteiger partial charge in [0.1, 0.15) is 18.3 Å². The van der Waals surface area contributed by atoms with Gasteiger partial charge in [-0.3, -0.25) is 0 Å². The van der Waals surface area contributed by atoms with Crippen LogP contribution in [0.5, 0.6) is 0 Å². The van der Waals surface area contributed by atoms with E-state index in [4.69, 9.17) is 4.42 Å². The molecule has 0 aliphatic heterocycles. The van der Waals surface area contributed by atoms with E-state index >= 15 is 0 Å². The first-order valence-electron chi connectivity index (χ1n) is 4.70. The zero-order chi connectivity index (χ0) is 10.7. The van der Waals surface area contributed by atoms with Crippen LogP contribution in [0.3, 0.4) is 0 Å². The topological polar surface area (TPSA) is 36.2 Å². The molecular weight excluding hydrogens is 208 g/mol. The molecule has 0 spiro atoms. The summed E-state index contributed by atoms with van der Waals surface area (Å²) in [7, 11) is 0. The molecule has 1 unspecified atom stereocenters. The fourth-order valence-corrected chi connectivity index (χ4v) is 1.88. The van der Waals surface area contributed by atoms with Crippen LogP contribution in [0, 0.1) is 0 Å². The molecule has 2 aromatic rings. The van der Waals surface area contributed by atoms with Gasteiger partial charge in [0.2, 0.25) is 0 Å². The van der Waals surface area contributed by atoms with E-state index in [0.29, 0.717) is 0 Å². The van der Waals surface area contributed by atoms with Gasteiger partial charge < -0.3 is 8.97 Å². The molecule has 0 amide bonds. The summed E-state index contributed by atoms with van der Waals surface area (Å²) in [5.41, 5.74) is 1.19. The number of furan rings is 1. The first-order chi connectivity index (χ1) is 7.25. The molecule has 0 N–H and O–H groups in total. The Hall–Kier alpha value is -1.19. The summed E-state index contributed by atoms with van der Waals surface area (Å²) in [6.07, 6.45) is 3.96. The van der Waals surface area contributed by atoms with Crippen molar-refractivity contribution in [2.75, 3.05) is 6.26 Å². The summed E-state index contributed by atoms with van der Waals surface area (Å²) in [4.78, 5) is 0.751. The van der Waals surface area contributed by atoms with E-state index in [9.17, 15) is 4.55 Å². The summed E-state index contributed by atoms with van der Waals surface area (Å²) < 4.78 is 16.5. The smallest absolute Gasteiger partial charge is 0.190 e. The van der Waals surface area contributed by atoms with Crippen LogP contribution in [-0.2, 0) is 17.6 Å². The van der Waals surface area contributed by atoms with Crippen molar-refractivity contribution in [1.82, 2.24) is 0 Å².